The van der Waals surface area contributed by atoms with Gasteiger partial charge in [-0.05, 0) is 67.2 Å². The lowest BCUT2D eigenvalue weighted by Gasteiger charge is -2.31. The zero-order valence-corrected chi connectivity index (χ0v) is 21.8. The Bertz CT molecular complexity index is 1070. The van der Waals surface area contributed by atoms with E-state index in [1.165, 1.54) is 19.3 Å². The third-order valence-electron chi connectivity index (χ3n) is 6.33. The van der Waals surface area contributed by atoms with Crippen molar-refractivity contribution in [3.8, 4) is 23.0 Å². The summed E-state index contributed by atoms with van der Waals surface area (Å²) in [5.74, 6) is 2.96. The molecule has 6 nitrogen and oxygen atoms in total. The number of rotatable bonds is 8. The molecule has 1 saturated heterocycles. The fraction of sp³-hybridized carbons (Fsp3) is 0.423. The van der Waals surface area contributed by atoms with Gasteiger partial charge in [-0.1, -0.05) is 12.5 Å². The maximum absolute atomic E-state index is 5.61. The molecule has 3 aromatic rings. The first kappa shape index (κ1) is 27.8. The van der Waals surface area contributed by atoms with Crippen molar-refractivity contribution in [1.29, 1.82) is 0 Å². The molecule has 0 bridgehead atoms. The standard InChI is InChI=1S/C26H32N2O4.2ClH/c1-29-22-9-8-18(14-23(22)30-2)21(17-28-12-6-5-7-13-28)26-20-16-25(32-4)24(31-3)15-19(20)10-11-27-26;;/h8-11,14-16,21H,5-7,12-13,17H2,1-4H3;2*1H. The lowest BCUT2D eigenvalue weighted by atomic mass is 9.90. The molecule has 8 heteroatoms. The molecular weight excluding hydrogens is 475 g/mol. The van der Waals surface area contributed by atoms with E-state index in [0.717, 1.165) is 58.9 Å². The van der Waals surface area contributed by atoms with Gasteiger partial charge in [-0.3, -0.25) is 4.98 Å². The van der Waals surface area contributed by atoms with Gasteiger partial charge < -0.3 is 23.8 Å². The summed E-state index contributed by atoms with van der Waals surface area (Å²) >= 11 is 0. The first-order valence-corrected chi connectivity index (χ1v) is 11.1. The predicted octanol–water partition coefficient (Wildman–Crippen LogP) is 5.73. The van der Waals surface area contributed by atoms with Gasteiger partial charge in [-0.25, -0.2) is 0 Å². The summed E-state index contributed by atoms with van der Waals surface area (Å²) in [7, 11) is 6.66. The highest BCUT2D eigenvalue weighted by Crippen LogP contribution is 2.39. The minimum atomic E-state index is 0. The summed E-state index contributed by atoms with van der Waals surface area (Å²) in [6.07, 6.45) is 5.67. The maximum Gasteiger partial charge on any atom is 0.161 e. The van der Waals surface area contributed by atoms with Crippen LogP contribution in [0.15, 0.2) is 42.6 Å². The van der Waals surface area contributed by atoms with Crippen LogP contribution in [-0.2, 0) is 0 Å². The lowest BCUT2D eigenvalue weighted by Crippen LogP contribution is -2.34. The Kier molecular flexibility index (Phi) is 10.5. The van der Waals surface area contributed by atoms with Crippen molar-refractivity contribution in [2.75, 3.05) is 48.1 Å². The molecule has 0 spiro atoms. The van der Waals surface area contributed by atoms with E-state index >= 15 is 0 Å². The van der Waals surface area contributed by atoms with Crippen LogP contribution in [0.25, 0.3) is 10.8 Å². The lowest BCUT2D eigenvalue weighted by molar-refractivity contribution is 0.222. The molecule has 1 unspecified atom stereocenters. The number of hydrogen-bond donors (Lipinski definition) is 0. The van der Waals surface area contributed by atoms with E-state index in [2.05, 4.69) is 17.0 Å². The van der Waals surface area contributed by atoms with Crippen molar-refractivity contribution in [2.45, 2.75) is 25.2 Å². The van der Waals surface area contributed by atoms with E-state index in [1.54, 1.807) is 28.4 Å². The van der Waals surface area contributed by atoms with Gasteiger partial charge in [-0.2, -0.15) is 0 Å². The van der Waals surface area contributed by atoms with Gasteiger partial charge in [0.2, 0.25) is 0 Å². The minimum absolute atomic E-state index is 0. The Morgan fingerprint density at radius 1 is 0.765 bits per heavy atom. The number of methoxy groups -OCH3 is 4. The molecule has 0 aliphatic carbocycles. The Balaban J connectivity index is 0.00000204. The Hall–Kier alpha value is -2.41. The largest absolute Gasteiger partial charge is 0.493 e. The van der Waals surface area contributed by atoms with Gasteiger partial charge in [0.15, 0.2) is 23.0 Å². The Morgan fingerprint density at radius 3 is 2.03 bits per heavy atom. The number of fused-ring (bicyclic) bond motifs is 1. The van der Waals surface area contributed by atoms with Crippen molar-refractivity contribution >= 4 is 35.6 Å². The van der Waals surface area contributed by atoms with Gasteiger partial charge in [0.1, 0.15) is 0 Å². The molecule has 0 saturated carbocycles. The topological polar surface area (TPSA) is 53.1 Å². The second-order valence-electron chi connectivity index (χ2n) is 8.15. The van der Waals surface area contributed by atoms with Gasteiger partial charge in [0, 0.05) is 24.0 Å². The number of halogens is 2. The van der Waals surface area contributed by atoms with Crippen LogP contribution < -0.4 is 18.9 Å². The van der Waals surface area contributed by atoms with Gasteiger partial charge in [0.25, 0.3) is 0 Å². The first-order chi connectivity index (χ1) is 15.7. The molecule has 4 rings (SSSR count). The summed E-state index contributed by atoms with van der Waals surface area (Å²) < 4.78 is 22.2. The smallest absolute Gasteiger partial charge is 0.161 e. The van der Waals surface area contributed by atoms with Gasteiger partial charge in [0.05, 0.1) is 34.1 Å². The number of likely N-dealkylation sites (tertiary alicyclic amines) is 1. The Labute approximate surface area is 214 Å². The van der Waals surface area contributed by atoms with Crippen LogP contribution in [0.5, 0.6) is 23.0 Å². The SMILES string of the molecule is COc1ccc(C(CN2CCCCC2)c2nccc3cc(OC)c(OC)cc23)cc1OC.Cl.Cl. The second-order valence-corrected chi connectivity index (χ2v) is 8.15. The molecule has 1 atom stereocenters. The molecule has 1 aliphatic rings. The Morgan fingerprint density at radius 2 is 1.38 bits per heavy atom. The summed E-state index contributed by atoms with van der Waals surface area (Å²) in [5, 5.41) is 2.15. The molecule has 2 aromatic carbocycles. The van der Waals surface area contributed by atoms with Crippen molar-refractivity contribution < 1.29 is 18.9 Å². The van der Waals surface area contributed by atoms with E-state index in [4.69, 9.17) is 23.9 Å². The average molecular weight is 509 g/mol. The minimum Gasteiger partial charge on any atom is -0.493 e. The van der Waals surface area contributed by atoms with Crippen LogP contribution in [0.2, 0.25) is 0 Å². The summed E-state index contributed by atoms with van der Waals surface area (Å²) in [4.78, 5) is 7.43. The van der Waals surface area contributed by atoms with Gasteiger partial charge in [-0.15, -0.1) is 24.8 Å². The molecule has 34 heavy (non-hydrogen) atoms. The molecule has 1 aliphatic heterocycles. The summed E-state index contributed by atoms with van der Waals surface area (Å²) in [6.45, 7) is 3.13. The van der Waals surface area contributed by atoms with E-state index < -0.39 is 0 Å². The maximum atomic E-state index is 5.61. The van der Waals surface area contributed by atoms with Crippen LogP contribution in [0, 0.1) is 0 Å². The van der Waals surface area contributed by atoms with Crippen LogP contribution in [0.1, 0.15) is 36.4 Å². The molecular formula is C26H34Cl2N2O4. The number of pyridine rings is 1. The molecule has 1 aromatic heterocycles. The third kappa shape index (κ3) is 5.80. The highest BCUT2D eigenvalue weighted by molar-refractivity contribution is 5.88. The first-order valence-electron chi connectivity index (χ1n) is 11.1. The molecule has 0 radical (unpaired) electrons. The third-order valence-corrected chi connectivity index (χ3v) is 6.33. The van der Waals surface area contributed by atoms with Crippen LogP contribution in [-0.4, -0.2) is 58.0 Å². The number of piperidine rings is 1. The fourth-order valence-electron chi connectivity index (χ4n) is 4.62. The zero-order chi connectivity index (χ0) is 22.5. The van der Waals surface area contributed by atoms with E-state index in [0.29, 0.717) is 5.75 Å². The van der Waals surface area contributed by atoms with Gasteiger partial charge >= 0.3 is 0 Å². The van der Waals surface area contributed by atoms with E-state index in [1.807, 2.05) is 30.5 Å². The predicted molar refractivity (Wildman–Crippen MR) is 141 cm³/mol. The van der Waals surface area contributed by atoms with Crippen molar-refractivity contribution in [3.63, 3.8) is 0 Å². The second kappa shape index (κ2) is 12.9. The van der Waals surface area contributed by atoms with Crippen molar-refractivity contribution in [1.82, 2.24) is 9.88 Å². The fourth-order valence-corrected chi connectivity index (χ4v) is 4.62. The highest BCUT2D eigenvalue weighted by Gasteiger charge is 2.24. The molecule has 0 N–H and O–H groups in total. The monoisotopic (exact) mass is 508 g/mol. The molecule has 0 amide bonds. The van der Waals surface area contributed by atoms with Crippen molar-refractivity contribution in [2.24, 2.45) is 0 Å². The quantitative estimate of drug-likeness (QED) is 0.387. The number of nitrogens with zero attached hydrogens (tertiary/aromatic N) is 2. The van der Waals surface area contributed by atoms with Crippen LogP contribution in [0.3, 0.4) is 0 Å². The van der Waals surface area contributed by atoms with E-state index in [-0.39, 0.29) is 30.7 Å². The highest BCUT2D eigenvalue weighted by atomic mass is 35.5. The average Bonchev–Trinajstić information content (AvgIpc) is 2.86. The summed E-state index contributed by atoms with van der Waals surface area (Å²) in [5.41, 5.74) is 2.18. The molecule has 2 heterocycles. The van der Waals surface area contributed by atoms with E-state index in [9.17, 15) is 0 Å². The molecule has 1 fully saturated rings. The normalized spacial score (nSPS) is 14.5. The zero-order valence-electron chi connectivity index (χ0n) is 20.2. The number of hydrogen-bond acceptors (Lipinski definition) is 6. The van der Waals surface area contributed by atoms with Crippen LogP contribution >= 0.6 is 24.8 Å². The number of benzene rings is 2. The number of ether oxygens (including phenoxy) is 4. The van der Waals surface area contributed by atoms with Crippen molar-refractivity contribution in [3.05, 3.63) is 53.9 Å². The number of aromatic nitrogens is 1. The summed E-state index contributed by atoms with van der Waals surface area (Å²) in [6, 6.07) is 12.3. The van der Waals surface area contributed by atoms with Crippen LogP contribution in [0.4, 0.5) is 0 Å². The molecule has 186 valence electrons.